The molecule has 0 bridgehead atoms. The Morgan fingerprint density at radius 1 is 1.32 bits per heavy atom. The summed E-state index contributed by atoms with van der Waals surface area (Å²) >= 11 is 0. The molecule has 3 aromatic heterocycles. The van der Waals surface area contributed by atoms with Gasteiger partial charge in [-0.1, -0.05) is 25.4 Å². The molecule has 1 fully saturated rings. The lowest BCUT2D eigenvalue weighted by molar-refractivity contribution is 0.335. The van der Waals surface area contributed by atoms with Gasteiger partial charge in [0, 0.05) is 18.7 Å². The van der Waals surface area contributed by atoms with Gasteiger partial charge in [0.05, 0.1) is 0 Å². The summed E-state index contributed by atoms with van der Waals surface area (Å²) in [6.07, 6.45) is 6.75. The molecule has 3 heterocycles. The normalized spacial score (nSPS) is 14.8. The van der Waals surface area contributed by atoms with Crippen LogP contribution in [0.5, 0.6) is 0 Å². The predicted molar refractivity (Wildman–Crippen MR) is 90.9 cm³/mol. The van der Waals surface area contributed by atoms with Gasteiger partial charge in [0.1, 0.15) is 17.5 Å². The molecule has 0 atom stereocenters. The first-order valence-electron chi connectivity index (χ1n) is 8.61. The van der Waals surface area contributed by atoms with Crippen LogP contribution in [0.4, 0.5) is 0 Å². The second-order valence-corrected chi connectivity index (χ2v) is 6.90. The Kier molecular flexibility index (Phi) is 3.99. The molecular formula is C18H20N4O3. The third-order valence-corrected chi connectivity index (χ3v) is 4.44. The molecule has 4 rings (SSSR count). The van der Waals surface area contributed by atoms with Crippen LogP contribution in [0.25, 0.3) is 23.0 Å². The van der Waals surface area contributed by atoms with Crippen LogP contribution in [0, 0.1) is 5.92 Å². The van der Waals surface area contributed by atoms with E-state index in [4.69, 9.17) is 8.94 Å². The van der Waals surface area contributed by atoms with E-state index in [1.807, 2.05) is 6.07 Å². The lowest BCUT2D eigenvalue weighted by Crippen LogP contribution is -2.23. The minimum atomic E-state index is -0.137. The molecule has 7 heteroatoms. The van der Waals surface area contributed by atoms with E-state index in [2.05, 4.69) is 29.0 Å². The monoisotopic (exact) mass is 340 g/mol. The highest BCUT2D eigenvalue weighted by Gasteiger charge is 2.25. The molecule has 25 heavy (non-hydrogen) atoms. The number of hydrogen-bond donors (Lipinski definition) is 0. The number of pyridine rings is 1. The van der Waals surface area contributed by atoms with Gasteiger partial charge in [-0.3, -0.25) is 4.79 Å². The molecule has 0 radical (unpaired) electrons. The third-order valence-electron chi connectivity index (χ3n) is 4.44. The molecule has 1 aliphatic rings. The van der Waals surface area contributed by atoms with E-state index in [-0.39, 0.29) is 11.4 Å². The highest BCUT2D eigenvalue weighted by atomic mass is 16.5. The average molecular weight is 340 g/mol. The van der Waals surface area contributed by atoms with E-state index in [0.717, 1.165) is 18.7 Å². The maximum atomic E-state index is 12.6. The molecule has 0 N–H and O–H groups in total. The SMILES string of the molecule is CC(C)Cn1cccc(-c2nc(-c3coc(C4CCC4)n3)no2)c1=O. The highest BCUT2D eigenvalue weighted by molar-refractivity contribution is 5.55. The van der Waals surface area contributed by atoms with Crippen molar-refractivity contribution in [3.05, 3.63) is 40.8 Å². The van der Waals surface area contributed by atoms with Crippen LogP contribution in [0.2, 0.25) is 0 Å². The van der Waals surface area contributed by atoms with Crippen LogP contribution in [-0.2, 0) is 6.54 Å². The van der Waals surface area contributed by atoms with Crippen molar-refractivity contribution in [3.63, 3.8) is 0 Å². The maximum absolute atomic E-state index is 12.6. The van der Waals surface area contributed by atoms with Gasteiger partial charge in [0.15, 0.2) is 5.89 Å². The molecule has 0 amide bonds. The van der Waals surface area contributed by atoms with Crippen LogP contribution in [-0.4, -0.2) is 19.7 Å². The molecule has 1 saturated carbocycles. The largest absolute Gasteiger partial charge is 0.448 e. The van der Waals surface area contributed by atoms with Crippen LogP contribution in [0.15, 0.2) is 38.3 Å². The summed E-state index contributed by atoms with van der Waals surface area (Å²) in [5, 5.41) is 3.95. The molecule has 130 valence electrons. The summed E-state index contributed by atoms with van der Waals surface area (Å²) in [5.41, 5.74) is 0.793. The van der Waals surface area contributed by atoms with E-state index in [1.165, 1.54) is 6.42 Å². The van der Waals surface area contributed by atoms with Gasteiger partial charge in [-0.25, -0.2) is 4.98 Å². The number of hydrogen-bond acceptors (Lipinski definition) is 6. The molecular weight excluding hydrogens is 320 g/mol. The zero-order valence-corrected chi connectivity index (χ0v) is 14.3. The molecule has 1 aliphatic carbocycles. The summed E-state index contributed by atoms with van der Waals surface area (Å²) in [5.74, 6) is 2.03. The lowest BCUT2D eigenvalue weighted by atomic mass is 9.85. The van der Waals surface area contributed by atoms with E-state index < -0.39 is 0 Å². The van der Waals surface area contributed by atoms with Crippen LogP contribution in [0.1, 0.15) is 44.9 Å². The van der Waals surface area contributed by atoms with E-state index in [1.54, 1.807) is 23.1 Å². The van der Waals surface area contributed by atoms with Crippen molar-refractivity contribution in [1.29, 1.82) is 0 Å². The highest BCUT2D eigenvalue weighted by Crippen LogP contribution is 2.36. The predicted octanol–water partition coefficient (Wildman–Crippen LogP) is 3.48. The molecule has 0 aliphatic heterocycles. The van der Waals surface area contributed by atoms with Gasteiger partial charge < -0.3 is 13.5 Å². The summed E-state index contributed by atoms with van der Waals surface area (Å²) in [4.78, 5) is 21.4. The Bertz CT molecular complexity index is 934. The third kappa shape index (κ3) is 3.01. The number of nitrogens with zero attached hydrogens (tertiary/aromatic N) is 4. The topological polar surface area (TPSA) is 86.9 Å². The van der Waals surface area contributed by atoms with Crippen molar-refractivity contribution in [1.82, 2.24) is 19.7 Å². The molecule has 0 spiro atoms. The minimum Gasteiger partial charge on any atom is -0.448 e. The zero-order valence-electron chi connectivity index (χ0n) is 14.3. The summed E-state index contributed by atoms with van der Waals surface area (Å²) in [7, 11) is 0. The molecule has 0 unspecified atom stereocenters. The fraction of sp³-hybridized carbons (Fsp3) is 0.444. The quantitative estimate of drug-likeness (QED) is 0.707. The van der Waals surface area contributed by atoms with Crippen molar-refractivity contribution in [2.24, 2.45) is 5.92 Å². The Morgan fingerprint density at radius 2 is 2.16 bits per heavy atom. The fourth-order valence-corrected chi connectivity index (χ4v) is 2.91. The first-order chi connectivity index (χ1) is 12.1. The van der Waals surface area contributed by atoms with Crippen molar-refractivity contribution in [2.75, 3.05) is 0 Å². The van der Waals surface area contributed by atoms with Crippen molar-refractivity contribution < 1.29 is 8.94 Å². The van der Waals surface area contributed by atoms with Gasteiger partial charge in [-0.15, -0.1) is 0 Å². The lowest BCUT2D eigenvalue weighted by Gasteiger charge is -2.21. The minimum absolute atomic E-state index is 0.137. The Hall–Kier alpha value is -2.70. The zero-order chi connectivity index (χ0) is 17.4. The average Bonchev–Trinajstić information content (AvgIpc) is 3.16. The summed E-state index contributed by atoms with van der Waals surface area (Å²) < 4.78 is 12.5. The van der Waals surface area contributed by atoms with E-state index >= 15 is 0 Å². The van der Waals surface area contributed by atoms with Gasteiger partial charge in [-0.2, -0.15) is 4.98 Å². The second kappa shape index (κ2) is 6.31. The maximum Gasteiger partial charge on any atom is 0.263 e. The number of oxazole rings is 1. The van der Waals surface area contributed by atoms with Gasteiger partial charge in [0.2, 0.25) is 5.82 Å². The molecule has 3 aromatic rings. The van der Waals surface area contributed by atoms with Crippen LogP contribution >= 0.6 is 0 Å². The van der Waals surface area contributed by atoms with Crippen molar-refractivity contribution in [2.45, 2.75) is 45.6 Å². The summed E-state index contributed by atoms with van der Waals surface area (Å²) in [6.45, 7) is 4.77. The number of aromatic nitrogens is 4. The van der Waals surface area contributed by atoms with Crippen LogP contribution in [0.3, 0.4) is 0 Å². The Morgan fingerprint density at radius 3 is 2.88 bits per heavy atom. The van der Waals surface area contributed by atoms with E-state index in [0.29, 0.717) is 35.5 Å². The Balaban J connectivity index is 1.63. The van der Waals surface area contributed by atoms with Gasteiger partial charge in [-0.05, 0) is 30.9 Å². The smallest absolute Gasteiger partial charge is 0.263 e. The van der Waals surface area contributed by atoms with Crippen molar-refractivity contribution >= 4 is 0 Å². The standard InChI is InChI=1S/C18H20N4O3/c1-11(2)9-22-8-4-7-13(18(22)23)17-20-15(21-25-17)14-10-24-16(19-14)12-5-3-6-12/h4,7-8,10-12H,3,5-6,9H2,1-2H3. The van der Waals surface area contributed by atoms with Gasteiger partial charge in [0.25, 0.3) is 11.4 Å². The Labute approximate surface area is 144 Å². The van der Waals surface area contributed by atoms with Crippen LogP contribution < -0.4 is 5.56 Å². The molecule has 0 aromatic carbocycles. The molecule has 7 nitrogen and oxygen atoms in total. The van der Waals surface area contributed by atoms with Crippen molar-refractivity contribution in [3.8, 4) is 23.0 Å². The number of rotatable bonds is 5. The summed E-state index contributed by atoms with van der Waals surface area (Å²) in [6, 6.07) is 3.51. The first kappa shape index (κ1) is 15.8. The van der Waals surface area contributed by atoms with E-state index in [9.17, 15) is 4.79 Å². The second-order valence-electron chi connectivity index (χ2n) is 6.90. The molecule has 0 saturated heterocycles. The fourth-order valence-electron chi connectivity index (χ4n) is 2.91. The van der Waals surface area contributed by atoms with Gasteiger partial charge >= 0.3 is 0 Å². The first-order valence-corrected chi connectivity index (χ1v) is 8.61.